The molecule has 0 bridgehead atoms. The highest BCUT2D eigenvalue weighted by atomic mass is 79.9. The van der Waals surface area contributed by atoms with E-state index in [1.54, 1.807) is 15.5 Å². The molecule has 0 aromatic carbocycles. The Morgan fingerprint density at radius 2 is 2.18 bits per heavy atom. The number of carbonyl (C=O) groups excluding carboxylic acids is 1. The predicted octanol–water partition coefficient (Wildman–Crippen LogP) is 1.33. The molecule has 0 radical (unpaired) electrons. The average molecular weight is 301 g/mol. The lowest BCUT2D eigenvalue weighted by atomic mass is 9.96. The minimum atomic E-state index is -0.802. The van der Waals surface area contributed by atoms with Gasteiger partial charge in [-0.3, -0.25) is 9.59 Å². The zero-order chi connectivity index (χ0) is 12.6. The van der Waals surface area contributed by atoms with Gasteiger partial charge in [-0.25, -0.2) is 0 Å². The average Bonchev–Trinajstić information content (AvgIpc) is 2.49. The molecule has 6 heteroatoms. The Kier molecular flexibility index (Phi) is 3.24. The molecule has 1 aromatic rings. The number of nitrogens with zero attached hydrogens (tertiary/aromatic N) is 2. The van der Waals surface area contributed by atoms with Crippen LogP contribution in [0.4, 0.5) is 0 Å². The van der Waals surface area contributed by atoms with Crippen molar-refractivity contribution >= 4 is 27.8 Å². The summed E-state index contributed by atoms with van der Waals surface area (Å²) in [7, 11) is 1.81. The first-order valence-corrected chi connectivity index (χ1v) is 6.09. The molecule has 0 saturated carbocycles. The Morgan fingerprint density at radius 1 is 1.53 bits per heavy atom. The van der Waals surface area contributed by atoms with Crippen molar-refractivity contribution in [1.82, 2.24) is 9.47 Å². The summed E-state index contributed by atoms with van der Waals surface area (Å²) >= 11 is 3.32. The maximum atomic E-state index is 12.0. The Morgan fingerprint density at radius 3 is 2.65 bits per heavy atom. The van der Waals surface area contributed by atoms with Crippen molar-refractivity contribution in [2.75, 3.05) is 13.1 Å². The zero-order valence-corrected chi connectivity index (χ0v) is 11.0. The van der Waals surface area contributed by atoms with Crippen molar-refractivity contribution in [1.29, 1.82) is 0 Å². The minimum absolute atomic E-state index is 0.0418. The van der Waals surface area contributed by atoms with E-state index in [-0.39, 0.29) is 18.2 Å². The molecule has 1 aromatic heterocycles. The van der Waals surface area contributed by atoms with Gasteiger partial charge in [0.25, 0.3) is 5.91 Å². The molecule has 0 unspecified atom stereocenters. The Hall–Kier alpha value is -1.30. The van der Waals surface area contributed by atoms with E-state index in [9.17, 15) is 9.59 Å². The zero-order valence-electron chi connectivity index (χ0n) is 9.39. The van der Waals surface area contributed by atoms with Gasteiger partial charge >= 0.3 is 5.97 Å². The molecule has 5 nitrogen and oxygen atoms in total. The van der Waals surface area contributed by atoms with Gasteiger partial charge in [-0.05, 0) is 22.0 Å². The maximum Gasteiger partial charge on any atom is 0.303 e. The van der Waals surface area contributed by atoms with E-state index in [1.807, 2.05) is 13.2 Å². The molecule has 0 atom stereocenters. The molecule has 1 aliphatic rings. The van der Waals surface area contributed by atoms with Crippen molar-refractivity contribution < 1.29 is 14.7 Å². The van der Waals surface area contributed by atoms with Gasteiger partial charge in [0.05, 0.1) is 6.42 Å². The van der Waals surface area contributed by atoms with E-state index in [0.29, 0.717) is 18.8 Å². The summed E-state index contributed by atoms with van der Waals surface area (Å²) in [5, 5.41) is 8.62. The van der Waals surface area contributed by atoms with Crippen LogP contribution in [0.3, 0.4) is 0 Å². The van der Waals surface area contributed by atoms with Crippen LogP contribution in [-0.4, -0.2) is 39.5 Å². The standard InChI is InChI=1S/C11H13BrN2O3/c1-13-6-8(12)3-9(13)11(17)14-4-7(5-14)2-10(15)16/h3,6-7H,2,4-5H2,1H3,(H,15,16). The van der Waals surface area contributed by atoms with E-state index in [4.69, 9.17) is 5.11 Å². The monoisotopic (exact) mass is 300 g/mol. The second-order valence-corrected chi connectivity index (χ2v) is 5.24. The number of carboxylic acids is 1. The number of rotatable bonds is 3. The molecule has 0 spiro atoms. The number of carbonyl (C=O) groups is 2. The van der Waals surface area contributed by atoms with Crippen LogP contribution in [-0.2, 0) is 11.8 Å². The SMILES string of the molecule is Cn1cc(Br)cc1C(=O)N1CC(CC(=O)O)C1. The number of aliphatic carboxylic acids is 1. The van der Waals surface area contributed by atoms with Gasteiger partial charge in [-0.15, -0.1) is 0 Å². The van der Waals surface area contributed by atoms with Gasteiger partial charge in [0, 0.05) is 36.7 Å². The van der Waals surface area contributed by atoms with Gasteiger partial charge in [-0.1, -0.05) is 0 Å². The summed E-state index contributed by atoms with van der Waals surface area (Å²) in [5.74, 6) is -0.747. The van der Waals surface area contributed by atoms with Crippen molar-refractivity contribution in [2.24, 2.45) is 13.0 Å². The molecule has 17 heavy (non-hydrogen) atoms. The smallest absolute Gasteiger partial charge is 0.303 e. The molecule has 2 rings (SSSR count). The summed E-state index contributed by atoms with van der Waals surface area (Å²) in [4.78, 5) is 24.2. The van der Waals surface area contributed by atoms with Gasteiger partial charge < -0.3 is 14.6 Å². The number of hydrogen-bond acceptors (Lipinski definition) is 2. The summed E-state index contributed by atoms with van der Waals surface area (Å²) < 4.78 is 2.63. The fourth-order valence-electron chi connectivity index (χ4n) is 2.01. The first kappa shape index (κ1) is 12.2. The Bertz CT molecular complexity index is 463. The predicted molar refractivity (Wildman–Crippen MR) is 64.8 cm³/mol. The van der Waals surface area contributed by atoms with Crippen LogP contribution in [0.1, 0.15) is 16.9 Å². The third-order valence-corrected chi connectivity index (χ3v) is 3.33. The van der Waals surface area contributed by atoms with E-state index in [2.05, 4.69) is 15.9 Å². The van der Waals surface area contributed by atoms with Crippen LogP contribution in [0.2, 0.25) is 0 Å². The third-order valence-electron chi connectivity index (χ3n) is 2.90. The number of aryl methyl sites for hydroxylation is 1. The Labute approximate surface area is 107 Å². The summed E-state index contributed by atoms with van der Waals surface area (Å²) in [5.41, 5.74) is 0.616. The summed E-state index contributed by atoms with van der Waals surface area (Å²) in [6, 6.07) is 1.77. The van der Waals surface area contributed by atoms with Gasteiger partial charge in [-0.2, -0.15) is 0 Å². The minimum Gasteiger partial charge on any atom is -0.481 e. The second kappa shape index (κ2) is 4.52. The number of likely N-dealkylation sites (tertiary alicyclic amines) is 1. The maximum absolute atomic E-state index is 12.0. The topological polar surface area (TPSA) is 62.5 Å². The van der Waals surface area contributed by atoms with Crippen LogP contribution >= 0.6 is 15.9 Å². The van der Waals surface area contributed by atoms with E-state index < -0.39 is 5.97 Å². The molecular weight excluding hydrogens is 288 g/mol. The second-order valence-electron chi connectivity index (χ2n) is 4.33. The molecule has 1 saturated heterocycles. The van der Waals surface area contributed by atoms with E-state index >= 15 is 0 Å². The first-order valence-electron chi connectivity index (χ1n) is 5.30. The fraction of sp³-hybridized carbons (Fsp3) is 0.455. The number of aromatic nitrogens is 1. The molecule has 1 fully saturated rings. The van der Waals surface area contributed by atoms with Crippen molar-refractivity contribution in [3.05, 3.63) is 22.4 Å². The van der Waals surface area contributed by atoms with E-state index in [0.717, 1.165) is 4.47 Å². The molecule has 1 aliphatic heterocycles. The van der Waals surface area contributed by atoms with Crippen molar-refractivity contribution in [2.45, 2.75) is 6.42 Å². The van der Waals surface area contributed by atoms with Crippen LogP contribution < -0.4 is 0 Å². The number of carboxylic acid groups (broad SMARTS) is 1. The highest BCUT2D eigenvalue weighted by Crippen LogP contribution is 2.23. The van der Waals surface area contributed by atoms with Crippen LogP contribution in [0, 0.1) is 5.92 Å². The Balaban J connectivity index is 1.95. The van der Waals surface area contributed by atoms with Crippen LogP contribution in [0.25, 0.3) is 0 Å². The molecule has 2 heterocycles. The highest BCUT2D eigenvalue weighted by Gasteiger charge is 2.33. The fourth-order valence-corrected chi connectivity index (χ4v) is 2.53. The lowest BCUT2D eigenvalue weighted by Gasteiger charge is -2.38. The van der Waals surface area contributed by atoms with Gasteiger partial charge in [0.15, 0.2) is 0 Å². The quantitative estimate of drug-likeness (QED) is 0.916. The number of hydrogen-bond donors (Lipinski definition) is 1. The molecule has 0 aliphatic carbocycles. The number of halogens is 1. The number of amides is 1. The van der Waals surface area contributed by atoms with Gasteiger partial charge in [0.1, 0.15) is 5.69 Å². The summed E-state index contributed by atoms with van der Waals surface area (Å²) in [6.45, 7) is 1.07. The van der Waals surface area contributed by atoms with Gasteiger partial charge in [0.2, 0.25) is 0 Å². The highest BCUT2D eigenvalue weighted by molar-refractivity contribution is 9.10. The van der Waals surface area contributed by atoms with Crippen molar-refractivity contribution in [3.8, 4) is 0 Å². The van der Waals surface area contributed by atoms with Crippen LogP contribution in [0.5, 0.6) is 0 Å². The lowest BCUT2D eigenvalue weighted by Crippen LogP contribution is -2.50. The third kappa shape index (κ3) is 2.52. The summed E-state index contributed by atoms with van der Waals surface area (Å²) in [6.07, 6.45) is 1.96. The van der Waals surface area contributed by atoms with Crippen molar-refractivity contribution in [3.63, 3.8) is 0 Å². The lowest BCUT2D eigenvalue weighted by molar-refractivity contribution is -0.139. The van der Waals surface area contributed by atoms with E-state index in [1.165, 1.54) is 0 Å². The largest absolute Gasteiger partial charge is 0.481 e. The molecule has 1 amide bonds. The normalized spacial score (nSPS) is 15.8. The first-order chi connectivity index (χ1) is 7.97. The molecule has 92 valence electrons. The molecule has 1 N–H and O–H groups in total. The molecular formula is C11H13BrN2O3. The van der Waals surface area contributed by atoms with Crippen LogP contribution in [0.15, 0.2) is 16.7 Å².